The summed E-state index contributed by atoms with van der Waals surface area (Å²) in [6.45, 7) is 5.22. The molecule has 7 nitrogen and oxygen atoms in total. The normalized spacial score (nSPS) is 13.0. The van der Waals surface area contributed by atoms with Gasteiger partial charge in [0.2, 0.25) is 9.84 Å². The second-order valence-electron chi connectivity index (χ2n) is 6.29. The van der Waals surface area contributed by atoms with E-state index < -0.39 is 32.6 Å². The van der Waals surface area contributed by atoms with Gasteiger partial charge in [0.15, 0.2) is 11.9 Å². The average Bonchev–Trinajstić information content (AvgIpc) is 2.95. The lowest BCUT2D eigenvalue weighted by atomic mass is 10.2. The maximum Gasteiger partial charge on any atom is 0.341 e. The number of nitrogens with one attached hydrogen (secondary N) is 1. The molecule has 2 aromatic heterocycles. The van der Waals surface area contributed by atoms with Gasteiger partial charge in [0, 0.05) is 4.88 Å². The van der Waals surface area contributed by atoms with Crippen LogP contribution >= 0.6 is 11.3 Å². The van der Waals surface area contributed by atoms with Crippen molar-refractivity contribution in [2.45, 2.75) is 37.5 Å². The van der Waals surface area contributed by atoms with Crippen LogP contribution in [0, 0.1) is 13.8 Å². The number of ether oxygens (including phenoxy) is 1. The summed E-state index contributed by atoms with van der Waals surface area (Å²) in [5.74, 6) is -4.21. The van der Waals surface area contributed by atoms with Crippen molar-refractivity contribution in [3.8, 4) is 0 Å². The van der Waals surface area contributed by atoms with Crippen molar-refractivity contribution < 1.29 is 26.7 Å². The SMILES string of the molecule is Cc1sc2nc([C@@H](C)OC(=O)c3ccc(S(=O)(=O)C(F)F)cc3)[nH]c(=O)c2c1C. The molecule has 0 aliphatic heterocycles. The Labute approximate surface area is 168 Å². The highest BCUT2D eigenvalue weighted by Gasteiger charge is 2.27. The minimum atomic E-state index is -4.75. The van der Waals surface area contributed by atoms with E-state index in [-0.39, 0.29) is 16.9 Å². The van der Waals surface area contributed by atoms with Crippen LogP contribution in [0.1, 0.15) is 39.7 Å². The molecule has 1 N–H and O–H groups in total. The number of esters is 1. The molecule has 3 rings (SSSR count). The molecule has 0 unspecified atom stereocenters. The summed E-state index contributed by atoms with van der Waals surface area (Å²) >= 11 is 1.36. The van der Waals surface area contributed by atoms with Gasteiger partial charge in [-0.25, -0.2) is 18.2 Å². The third-order valence-corrected chi connectivity index (χ3v) is 6.88. The molecule has 1 atom stereocenters. The number of carbonyl (C=O) groups excluding carboxylic acids is 1. The number of alkyl halides is 2. The molecule has 11 heteroatoms. The van der Waals surface area contributed by atoms with E-state index in [1.54, 1.807) is 0 Å². The molecule has 0 fully saturated rings. The van der Waals surface area contributed by atoms with E-state index in [1.807, 2.05) is 13.8 Å². The molecule has 2 heterocycles. The minimum absolute atomic E-state index is 0.0312. The first-order valence-electron chi connectivity index (χ1n) is 8.35. The number of aromatic nitrogens is 2. The highest BCUT2D eigenvalue weighted by atomic mass is 32.2. The van der Waals surface area contributed by atoms with Gasteiger partial charge in [-0.15, -0.1) is 11.3 Å². The van der Waals surface area contributed by atoms with Crippen LogP contribution in [0.15, 0.2) is 34.0 Å². The minimum Gasteiger partial charge on any atom is -0.451 e. The lowest BCUT2D eigenvalue weighted by molar-refractivity contribution is 0.0320. The smallest absolute Gasteiger partial charge is 0.341 e. The molecule has 1 aromatic carbocycles. The van der Waals surface area contributed by atoms with Gasteiger partial charge in [-0.1, -0.05) is 0 Å². The Morgan fingerprint density at radius 2 is 1.83 bits per heavy atom. The molecular weight excluding hydrogens is 426 g/mol. The van der Waals surface area contributed by atoms with Crippen molar-refractivity contribution in [2.24, 2.45) is 0 Å². The van der Waals surface area contributed by atoms with Gasteiger partial charge >= 0.3 is 11.7 Å². The van der Waals surface area contributed by atoms with Gasteiger partial charge < -0.3 is 9.72 Å². The number of hydrogen-bond acceptors (Lipinski definition) is 7. The summed E-state index contributed by atoms with van der Waals surface area (Å²) < 4.78 is 53.3. The molecule has 0 radical (unpaired) electrons. The largest absolute Gasteiger partial charge is 0.451 e. The summed E-state index contributed by atoms with van der Waals surface area (Å²) in [5, 5.41) is 0.491. The molecule has 29 heavy (non-hydrogen) atoms. The van der Waals surface area contributed by atoms with Crippen LogP contribution in [-0.2, 0) is 14.6 Å². The van der Waals surface area contributed by atoms with Crippen LogP contribution in [-0.4, -0.2) is 30.1 Å². The van der Waals surface area contributed by atoms with Crippen molar-refractivity contribution in [3.05, 3.63) is 56.4 Å². The van der Waals surface area contributed by atoms with E-state index in [0.29, 0.717) is 10.2 Å². The van der Waals surface area contributed by atoms with E-state index in [4.69, 9.17) is 4.74 Å². The molecule has 0 saturated heterocycles. The van der Waals surface area contributed by atoms with Crippen LogP contribution in [0.25, 0.3) is 10.2 Å². The number of rotatable bonds is 5. The van der Waals surface area contributed by atoms with Crippen LogP contribution in [0.2, 0.25) is 0 Å². The third-order valence-electron chi connectivity index (χ3n) is 4.38. The fourth-order valence-electron chi connectivity index (χ4n) is 2.63. The van der Waals surface area contributed by atoms with E-state index in [1.165, 1.54) is 18.3 Å². The zero-order valence-corrected chi connectivity index (χ0v) is 17.2. The molecule has 0 bridgehead atoms. The number of aromatic amines is 1. The Morgan fingerprint density at radius 1 is 1.21 bits per heavy atom. The Morgan fingerprint density at radius 3 is 2.41 bits per heavy atom. The predicted molar refractivity (Wildman–Crippen MR) is 103 cm³/mol. The Hall–Kier alpha value is -2.66. The van der Waals surface area contributed by atoms with E-state index >= 15 is 0 Å². The Kier molecular flexibility index (Phi) is 5.54. The molecule has 0 amide bonds. The van der Waals surface area contributed by atoms with Gasteiger partial charge in [-0.3, -0.25) is 4.79 Å². The number of sulfone groups is 1. The van der Waals surface area contributed by atoms with Gasteiger partial charge in [0.1, 0.15) is 4.83 Å². The third kappa shape index (κ3) is 3.92. The molecule has 0 aliphatic carbocycles. The number of benzene rings is 1. The van der Waals surface area contributed by atoms with Crippen LogP contribution in [0.3, 0.4) is 0 Å². The molecule has 0 spiro atoms. The molecule has 3 aromatic rings. The molecular formula is C18H16F2N2O5S2. The zero-order chi connectivity index (χ0) is 21.5. The first kappa shape index (κ1) is 21.1. The summed E-state index contributed by atoms with van der Waals surface area (Å²) in [5.41, 5.74) is 0.474. The number of nitrogens with zero attached hydrogens (tertiary/aromatic N) is 1. The predicted octanol–water partition coefficient (Wildman–Crippen LogP) is 3.52. The number of carbonyl (C=O) groups is 1. The van der Waals surface area contributed by atoms with Crippen molar-refractivity contribution >= 4 is 37.4 Å². The van der Waals surface area contributed by atoms with Crippen molar-refractivity contribution in [2.75, 3.05) is 0 Å². The number of halogens is 2. The maximum absolute atomic E-state index is 12.6. The van der Waals surface area contributed by atoms with E-state index in [9.17, 15) is 26.8 Å². The van der Waals surface area contributed by atoms with Gasteiger partial charge in [0.25, 0.3) is 5.56 Å². The van der Waals surface area contributed by atoms with Crippen molar-refractivity contribution in [1.29, 1.82) is 0 Å². The number of fused-ring (bicyclic) bond motifs is 1. The van der Waals surface area contributed by atoms with Gasteiger partial charge in [-0.05, 0) is 50.6 Å². The summed E-state index contributed by atoms with van der Waals surface area (Å²) in [6.07, 6.45) is -0.896. The number of aryl methyl sites for hydroxylation is 2. The average molecular weight is 442 g/mol. The van der Waals surface area contributed by atoms with E-state index in [2.05, 4.69) is 9.97 Å². The second-order valence-corrected chi connectivity index (χ2v) is 9.41. The number of H-pyrrole nitrogens is 1. The molecule has 0 saturated carbocycles. The first-order valence-corrected chi connectivity index (χ1v) is 10.7. The fourth-order valence-corrected chi connectivity index (χ4v) is 4.39. The maximum atomic E-state index is 12.6. The molecule has 0 aliphatic rings. The number of hydrogen-bond donors (Lipinski definition) is 1. The first-order chi connectivity index (χ1) is 13.5. The Balaban J connectivity index is 1.82. The van der Waals surface area contributed by atoms with Gasteiger partial charge in [-0.2, -0.15) is 8.78 Å². The van der Waals surface area contributed by atoms with Crippen LogP contribution in [0.5, 0.6) is 0 Å². The van der Waals surface area contributed by atoms with E-state index in [0.717, 1.165) is 34.7 Å². The second kappa shape index (κ2) is 7.64. The fraction of sp³-hybridized carbons (Fsp3) is 0.278. The van der Waals surface area contributed by atoms with Crippen molar-refractivity contribution in [1.82, 2.24) is 9.97 Å². The number of thiophene rings is 1. The Bertz CT molecular complexity index is 1250. The zero-order valence-electron chi connectivity index (χ0n) is 15.5. The van der Waals surface area contributed by atoms with Crippen molar-refractivity contribution in [3.63, 3.8) is 0 Å². The quantitative estimate of drug-likeness (QED) is 0.606. The molecule has 154 valence electrons. The summed E-state index contributed by atoms with van der Waals surface area (Å²) in [6, 6.07) is 3.98. The summed E-state index contributed by atoms with van der Waals surface area (Å²) in [4.78, 5) is 32.5. The highest BCUT2D eigenvalue weighted by molar-refractivity contribution is 7.91. The summed E-state index contributed by atoms with van der Waals surface area (Å²) in [7, 11) is -4.75. The van der Waals surface area contributed by atoms with Crippen LogP contribution in [0.4, 0.5) is 8.78 Å². The topological polar surface area (TPSA) is 106 Å². The monoisotopic (exact) mass is 442 g/mol. The highest BCUT2D eigenvalue weighted by Crippen LogP contribution is 2.27. The standard InChI is InChI=1S/C18H16F2N2O5S2/c1-8-10(3)28-16-13(8)15(23)21-14(22-16)9(2)27-17(24)11-4-6-12(7-5-11)29(25,26)18(19)20/h4-7,9,18H,1-3H3,(H,21,22,23)/t9-/m1/s1. The lowest BCUT2D eigenvalue weighted by Gasteiger charge is -2.13. The lowest BCUT2D eigenvalue weighted by Crippen LogP contribution is -2.17. The van der Waals surface area contributed by atoms with Gasteiger partial charge in [0.05, 0.1) is 15.8 Å². The van der Waals surface area contributed by atoms with Crippen LogP contribution < -0.4 is 5.56 Å².